The second-order valence-electron chi connectivity index (χ2n) is 7.18. The Morgan fingerprint density at radius 3 is 2.45 bits per heavy atom. The van der Waals surface area contributed by atoms with Crippen molar-refractivity contribution in [2.24, 2.45) is 0 Å². The van der Waals surface area contributed by atoms with Gasteiger partial charge in [0.2, 0.25) is 5.91 Å². The van der Waals surface area contributed by atoms with Gasteiger partial charge in [0.1, 0.15) is 6.04 Å². The molecule has 0 spiro atoms. The molecular weight excluding hydrogens is 390 g/mol. The van der Waals surface area contributed by atoms with E-state index >= 15 is 0 Å². The van der Waals surface area contributed by atoms with Crippen molar-refractivity contribution in [2.45, 2.75) is 45.8 Å². The van der Waals surface area contributed by atoms with Crippen LogP contribution in [-0.2, 0) is 11.3 Å². The van der Waals surface area contributed by atoms with Crippen LogP contribution in [0.4, 0.5) is 0 Å². The third kappa shape index (κ3) is 4.27. The number of aromatic nitrogens is 2. The van der Waals surface area contributed by atoms with Gasteiger partial charge in [-0.25, -0.2) is 4.79 Å². The van der Waals surface area contributed by atoms with E-state index in [2.05, 4.69) is 5.32 Å². The van der Waals surface area contributed by atoms with E-state index in [1.165, 1.54) is 9.13 Å². The number of hydrogen-bond acceptors (Lipinski definition) is 3. The molecule has 0 aliphatic heterocycles. The Hall–Kier alpha value is -2.86. The first kappa shape index (κ1) is 20.9. The van der Waals surface area contributed by atoms with Crippen molar-refractivity contribution >= 4 is 28.4 Å². The summed E-state index contributed by atoms with van der Waals surface area (Å²) in [5, 5.41) is 3.63. The Morgan fingerprint density at radius 2 is 1.79 bits per heavy atom. The highest BCUT2D eigenvalue weighted by atomic mass is 35.5. The predicted octanol–water partition coefficient (Wildman–Crippen LogP) is 3.34. The quantitative estimate of drug-likeness (QED) is 0.673. The van der Waals surface area contributed by atoms with Gasteiger partial charge in [0.15, 0.2) is 0 Å². The second-order valence-corrected chi connectivity index (χ2v) is 7.62. The fourth-order valence-corrected chi connectivity index (χ4v) is 3.38. The average Bonchev–Trinajstić information content (AvgIpc) is 2.71. The molecule has 0 aliphatic carbocycles. The zero-order valence-corrected chi connectivity index (χ0v) is 17.4. The number of nitrogens with zero attached hydrogens (tertiary/aromatic N) is 2. The second kappa shape index (κ2) is 8.66. The molecule has 0 unspecified atom stereocenters. The van der Waals surface area contributed by atoms with Gasteiger partial charge in [0.25, 0.3) is 5.56 Å². The first-order chi connectivity index (χ1) is 13.8. The average molecular weight is 414 g/mol. The zero-order valence-electron chi connectivity index (χ0n) is 16.7. The Morgan fingerprint density at radius 1 is 1.10 bits per heavy atom. The first-order valence-electron chi connectivity index (χ1n) is 9.62. The van der Waals surface area contributed by atoms with Crippen LogP contribution in [-0.4, -0.2) is 21.1 Å². The molecule has 0 radical (unpaired) electrons. The van der Waals surface area contributed by atoms with E-state index in [-0.39, 0.29) is 18.5 Å². The SMILES string of the molecule is CC[C@@H](C)NC(=O)[C@@H](C)n1c(=O)n(Cc2ccccc2)c(=O)c2ccc(Cl)cc21. The maximum Gasteiger partial charge on any atom is 0.332 e. The molecule has 0 fully saturated rings. The van der Waals surface area contributed by atoms with Gasteiger partial charge in [-0.3, -0.25) is 18.7 Å². The van der Waals surface area contributed by atoms with E-state index in [1.54, 1.807) is 25.1 Å². The molecule has 152 valence electrons. The third-order valence-corrected chi connectivity index (χ3v) is 5.32. The van der Waals surface area contributed by atoms with E-state index in [1.807, 2.05) is 44.2 Å². The molecule has 29 heavy (non-hydrogen) atoms. The standard InChI is InChI=1S/C22H24ClN3O3/c1-4-14(2)24-20(27)15(3)26-19-12-17(23)10-11-18(19)21(28)25(22(26)29)13-16-8-6-5-7-9-16/h5-12,14-15H,4,13H2,1-3H3,(H,24,27)/t14-,15-/m1/s1. The lowest BCUT2D eigenvalue weighted by Gasteiger charge is -2.21. The van der Waals surface area contributed by atoms with Gasteiger partial charge in [-0.05, 0) is 44.0 Å². The van der Waals surface area contributed by atoms with Crippen molar-refractivity contribution in [3.8, 4) is 0 Å². The van der Waals surface area contributed by atoms with Crippen LogP contribution in [0.3, 0.4) is 0 Å². The predicted molar refractivity (Wildman–Crippen MR) is 116 cm³/mol. The van der Waals surface area contributed by atoms with E-state index in [0.29, 0.717) is 15.9 Å². The lowest BCUT2D eigenvalue weighted by atomic mass is 10.2. The van der Waals surface area contributed by atoms with Crippen LogP contribution in [0.5, 0.6) is 0 Å². The molecule has 3 rings (SSSR count). The van der Waals surface area contributed by atoms with Crippen molar-refractivity contribution in [3.05, 3.63) is 80.0 Å². The summed E-state index contributed by atoms with van der Waals surface area (Å²) in [5.41, 5.74) is 0.226. The third-order valence-electron chi connectivity index (χ3n) is 5.08. The van der Waals surface area contributed by atoms with Gasteiger partial charge >= 0.3 is 5.69 Å². The van der Waals surface area contributed by atoms with Crippen LogP contribution in [0.25, 0.3) is 10.9 Å². The molecule has 1 amide bonds. The van der Waals surface area contributed by atoms with E-state index in [4.69, 9.17) is 11.6 Å². The Kier molecular flexibility index (Phi) is 6.23. The van der Waals surface area contributed by atoms with E-state index in [9.17, 15) is 14.4 Å². The summed E-state index contributed by atoms with van der Waals surface area (Å²) in [4.78, 5) is 39.1. The monoisotopic (exact) mass is 413 g/mol. The van der Waals surface area contributed by atoms with E-state index < -0.39 is 17.3 Å². The highest BCUT2D eigenvalue weighted by Gasteiger charge is 2.23. The minimum Gasteiger partial charge on any atom is -0.352 e. The largest absolute Gasteiger partial charge is 0.352 e. The minimum absolute atomic E-state index is 0.0225. The summed E-state index contributed by atoms with van der Waals surface area (Å²) in [5.74, 6) is -0.285. The Balaban J connectivity index is 2.21. The summed E-state index contributed by atoms with van der Waals surface area (Å²) >= 11 is 6.13. The molecule has 1 heterocycles. The zero-order chi connectivity index (χ0) is 21.1. The lowest BCUT2D eigenvalue weighted by Crippen LogP contribution is -2.45. The van der Waals surface area contributed by atoms with E-state index in [0.717, 1.165) is 12.0 Å². The Labute approximate surface area is 173 Å². The van der Waals surface area contributed by atoms with Crippen LogP contribution in [0, 0.1) is 0 Å². The molecule has 3 aromatic rings. The van der Waals surface area contributed by atoms with Gasteiger partial charge in [0.05, 0.1) is 17.4 Å². The van der Waals surface area contributed by atoms with Crippen molar-refractivity contribution in [1.29, 1.82) is 0 Å². The minimum atomic E-state index is -0.805. The number of fused-ring (bicyclic) bond motifs is 1. The summed E-state index contributed by atoms with van der Waals surface area (Å²) in [6.45, 7) is 5.64. The van der Waals surface area contributed by atoms with Gasteiger partial charge in [-0.15, -0.1) is 0 Å². The molecule has 1 aromatic heterocycles. The maximum absolute atomic E-state index is 13.3. The number of benzene rings is 2. The van der Waals surface area contributed by atoms with Crippen LogP contribution in [0.2, 0.25) is 5.02 Å². The van der Waals surface area contributed by atoms with Crippen molar-refractivity contribution in [3.63, 3.8) is 0 Å². The molecule has 0 saturated heterocycles. The molecule has 0 aliphatic rings. The van der Waals surface area contributed by atoms with Crippen LogP contribution in [0.1, 0.15) is 38.8 Å². The van der Waals surface area contributed by atoms with Crippen molar-refractivity contribution in [1.82, 2.24) is 14.5 Å². The smallest absolute Gasteiger partial charge is 0.332 e. The first-order valence-corrected chi connectivity index (χ1v) is 10.00. The lowest BCUT2D eigenvalue weighted by molar-refractivity contribution is -0.124. The summed E-state index contributed by atoms with van der Waals surface area (Å²) in [7, 11) is 0. The van der Waals surface area contributed by atoms with Crippen molar-refractivity contribution in [2.75, 3.05) is 0 Å². The number of nitrogens with one attached hydrogen (secondary N) is 1. The molecule has 0 saturated carbocycles. The highest BCUT2D eigenvalue weighted by molar-refractivity contribution is 6.31. The fraction of sp³-hybridized carbons (Fsp3) is 0.318. The Bertz CT molecular complexity index is 1150. The summed E-state index contributed by atoms with van der Waals surface area (Å²) < 4.78 is 2.52. The molecule has 2 atom stereocenters. The number of rotatable bonds is 6. The number of halogens is 1. The fourth-order valence-electron chi connectivity index (χ4n) is 3.21. The number of hydrogen-bond donors (Lipinski definition) is 1. The van der Waals surface area contributed by atoms with Gasteiger partial charge in [-0.2, -0.15) is 0 Å². The maximum atomic E-state index is 13.3. The van der Waals surface area contributed by atoms with Crippen LogP contribution >= 0.6 is 11.6 Å². The number of carbonyl (C=O) groups excluding carboxylic acids is 1. The molecule has 1 N–H and O–H groups in total. The molecular formula is C22H24ClN3O3. The van der Waals surface area contributed by atoms with Crippen LogP contribution in [0.15, 0.2) is 58.1 Å². The van der Waals surface area contributed by atoms with Gasteiger partial charge in [-0.1, -0.05) is 48.9 Å². The molecule has 7 heteroatoms. The highest BCUT2D eigenvalue weighted by Crippen LogP contribution is 2.19. The molecule has 0 bridgehead atoms. The summed E-state index contributed by atoms with van der Waals surface area (Å²) in [6, 6.07) is 13.2. The topological polar surface area (TPSA) is 73.1 Å². The van der Waals surface area contributed by atoms with Crippen LogP contribution < -0.4 is 16.6 Å². The summed E-state index contributed by atoms with van der Waals surface area (Å²) in [6.07, 6.45) is 0.771. The van der Waals surface area contributed by atoms with Gasteiger partial charge in [0, 0.05) is 11.1 Å². The molecule has 6 nitrogen and oxygen atoms in total. The van der Waals surface area contributed by atoms with Gasteiger partial charge < -0.3 is 5.32 Å². The molecule has 2 aromatic carbocycles. The number of carbonyl (C=O) groups is 1. The van der Waals surface area contributed by atoms with Crippen molar-refractivity contribution < 1.29 is 4.79 Å². The number of amides is 1. The normalized spacial score (nSPS) is 13.2.